The number of imidazole rings is 1. The van der Waals surface area contributed by atoms with Gasteiger partial charge in [-0.1, -0.05) is 23.9 Å². The van der Waals surface area contributed by atoms with Crippen LogP contribution in [0.2, 0.25) is 0 Å². The van der Waals surface area contributed by atoms with E-state index < -0.39 is 5.60 Å². The van der Waals surface area contributed by atoms with E-state index in [2.05, 4.69) is 17.7 Å². The number of carbonyl (C=O) groups excluding carboxylic acids is 1. The topological polar surface area (TPSA) is 47.4 Å². The number of thioether (sulfide) groups is 1. The van der Waals surface area contributed by atoms with Crippen LogP contribution in [0.15, 0.2) is 29.4 Å². The standard InChI is InChI=1S/C18H25N3O2S/c1-18(2,3)23-17(22)21-10-9-13(11-21)12-24-16-19-14-7-5-6-8-15(14)20(16)4/h5-8,13H,9-12H2,1-4H3. The first-order chi connectivity index (χ1) is 11.3. The fourth-order valence-electron chi connectivity index (χ4n) is 2.91. The van der Waals surface area contributed by atoms with Crippen LogP contribution in [0.5, 0.6) is 0 Å². The van der Waals surface area contributed by atoms with Crippen molar-refractivity contribution < 1.29 is 9.53 Å². The van der Waals surface area contributed by atoms with Crippen LogP contribution in [0.1, 0.15) is 27.2 Å². The molecule has 0 spiro atoms. The van der Waals surface area contributed by atoms with E-state index in [1.165, 1.54) is 0 Å². The van der Waals surface area contributed by atoms with Crippen LogP contribution in [-0.2, 0) is 11.8 Å². The van der Waals surface area contributed by atoms with E-state index in [-0.39, 0.29) is 6.09 Å². The number of carbonyl (C=O) groups is 1. The molecule has 2 aromatic rings. The normalized spacial score (nSPS) is 18.3. The van der Waals surface area contributed by atoms with Crippen LogP contribution in [0.4, 0.5) is 4.79 Å². The molecule has 130 valence electrons. The fourth-order valence-corrected chi connectivity index (χ4v) is 4.02. The summed E-state index contributed by atoms with van der Waals surface area (Å²) in [5, 5.41) is 1.03. The van der Waals surface area contributed by atoms with Crippen molar-refractivity contribution in [2.45, 2.75) is 37.9 Å². The monoisotopic (exact) mass is 347 g/mol. The van der Waals surface area contributed by atoms with Crippen molar-refractivity contribution >= 4 is 28.9 Å². The summed E-state index contributed by atoms with van der Waals surface area (Å²) in [5.74, 6) is 1.46. The number of hydrogen-bond acceptors (Lipinski definition) is 4. The van der Waals surface area contributed by atoms with Gasteiger partial charge in [0.25, 0.3) is 0 Å². The quantitative estimate of drug-likeness (QED) is 0.790. The maximum Gasteiger partial charge on any atom is 0.410 e. The second-order valence-corrected chi connectivity index (χ2v) is 8.32. The number of benzene rings is 1. The zero-order valence-electron chi connectivity index (χ0n) is 14.8. The van der Waals surface area contributed by atoms with E-state index in [4.69, 9.17) is 9.72 Å². The summed E-state index contributed by atoms with van der Waals surface area (Å²) < 4.78 is 7.59. The maximum absolute atomic E-state index is 12.1. The summed E-state index contributed by atoms with van der Waals surface area (Å²) in [6, 6.07) is 8.18. The highest BCUT2D eigenvalue weighted by molar-refractivity contribution is 7.99. The van der Waals surface area contributed by atoms with Crippen molar-refractivity contribution in [1.82, 2.24) is 14.5 Å². The van der Waals surface area contributed by atoms with E-state index >= 15 is 0 Å². The van der Waals surface area contributed by atoms with Gasteiger partial charge in [-0.15, -0.1) is 0 Å². The van der Waals surface area contributed by atoms with Gasteiger partial charge in [0.1, 0.15) is 5.60 Å². The molecule has 5 nitrogen and oxygen atoms in total. The zero-order chi connectivity index (χ0) is 17.3. The Morgan fingerprint density at radius 1 is 1.38 bits per heavy atom. The molecule has 1 amide bonds. The molecular weight excluding hydrogens is 322 g/mol. The Bertz CT molecular complexity index is 735. The second-order valence-electron chi connectivity index (χ2n) is 7.33. The zero-order valence-corrected chi connectivity index (χ0v) is 15.6. The maximum atomic E-state index is 12.1. The Morgan fingerprint density at radius 2 is 2.12 bits per heavy atom. The van der Waals surface area contributed by atoms with Crippen molar-refractivity contribution in [3.63, 3.8) is 0 Å². The lowest BCUT2D eigenvalue weighted by Gasteiger charge is -2.24. The third kappa shape index (κ3) is 3.86. The lowest BCUT2D eigenvalue weighted by atomic mass is 10.2. The minimum Gasteiger partial charge on any atom is -0.444 e. The van der Waals surface area contributed by atoms with Gasteiger partial charge in [-0.2, -0.15) is 0 Å². The number of aryl methyl sites for hydroxylation is 1. The average molecular weight is 347 g/mol. The predicted octanol–water partition coefficient (Wildman–Crippen LogP) is 3.92. The predicted molar refractivity (Wildman–Crippen MR) is 97.4 cm³/mol. The van der Waals surface area contributed by atoms with Crippen molar-refractivity contribution in [3.05, 3.63) is 24.3 Å². The molecule has 24 heavy (non-hydrogen) atoms. The molecular formula is C18H25N3O2S. The summed E-state index contributed by atoms with van der Waals surface area (Å²) in [7, 11) is 2.05. The Hall–Kier alpha value is -1.69. The number of ether oxygens (including phenoxy) is 1. The molecule has 3 rings (SSSR count). The molecule has 0 aliphatic carbocycles. The smallest absolute Gasteiger partial charge is 0.410 e. The summed E-state index contributed by atoms with van der Waals surface area (Å²) in [6.45, 7) is 7.26. The molecule has 0 bridgehead atoms. The molecule has 6 heteroatoms. The molecule has 0 radical (unpaired) electrons. The molecule has 1 unspecified atom stereocenters. The van der Waals surface area contributed by atoms with Gasteiger partial charge in [0.2, 0.25) is 0 Å². The second kappa shape index (κ2) is 6.67. The van der Waals surface area contributed by atoms with Crippen molar-refractivity contribution in [3.8, 4) is 0 Å². The van der Waals surface area contributed by atoms with Crippen molar-refractivity contribution in [1.29, 1.82) is 0 Å². The minimum atomic E-state index is -0.434. The molecule has 1 aliphatic heterocycles. The lowest BCUT2D eigenvalue weighted by Crippen LogP contribution is -2.35. The summed E-state index contributed by atoms with van der Waals surface area (Å²) in [6.07, 6.45) is 0.827. The molecule has 1 aliphatic rings. The lowest BCUT2D eigenvalue weighted by molar-refractivity contribution is 0.0289. The Labute approximate surface area is 147 Å². The number of para-hydroxylation sites is 2. The summed E-state index contributed by atoms with van der Waals surface area (Å²) in [4.78, 5) is 18.7. The van der Waals surface area contributed by atoms with Crippen molar-refractivity contribution in [2.24, 2.45) is 13.0 Å². The van der Waals surface area contributed by atoms with Crippen LogP contribution >= 0.6 is 11.8 Å². The van der Waals surface area contributed by atoms with Gasteiger partial charge in [0, 0.05) is 25.9 Å². The van der Waals surface area contributed by atoms with Crippen LogP contribution in [0.3, 0.4) is 0 Å². The highest BCUT2D eigenvalue weighted by Crippen LogP contribution is 2.28. The molecule has 1 saturated heterocycles. The first-order valence-electron chi connectivity index (χ1n) is 8.35. The highest BCUT2D eigenvalue weighted by Gasteiger charge is 2.30. The van der Waals surface area contributed by atoms with Crippen LogP contribution in [-0.4, -0.2) is 45.0 Å². The summed E-state index contributed by atoms with van der Waals surface area (Å²) >= 11 is 1.77. The number of aromatic nitrogens is 2. The first kappa shape index (κ1) is 17.1. The third-order valence-corrected chi connectivity index (χ3v) is 5.39. The van der Waals surface area contributed by atoms with Gasteiger partial charge in [0.15, 0.2) is 5.16 Å². The molecule has 1 aromatic heterocycles. The molecule has 2 heterocycles. The molecule has 0 saturated carbocycles. The Balaban J connectivity index is 1.56. The average Bonchev–Trinajstić information content (AvgIpc) is 3.09. The van der Waals surface area contributed by atoms with Crippen LogP contribution < -0.4 is 0 Å². The van der Waals surface area contributed by atoms with E-state index in [9.17, 15) is 4.79 Å². The number of amides is 1. The van der Waals surface area contributed by atoms with E-state index in [1.807, 2.05) is 43.9 Å². The van der Waals surface area contributed by atoms with E-state index in [1.54, 1.807) is 11.8 Å². The number of likely N-dealkylation sites (tertiary alicyclic amines) is 1. The number of fused-ring (bicyclic) bond motifs is 1. The summed E-state index contributed by atoms with van der Waals surface area (Å²) in [5.41, 5.74) is 1.75. The third-order valence-electron chi connectivity index (χ3n) is 4.13. The van der Waals surface area contributed by atoms with Crippen LogP contribution in [0.25, 0.3) is 11.0 Å². The van der Waals surface area contributed by atoms with Crippen molar-refractivity contribution in [2.75, 3.05) is 18.8 Å². The van der Waals surface area contributed by atoms with Gasteiger partial charge in [-0.05, 0) is 45.2 Å². The number of hydrogen-bond donors (Lipinski definition) is 0. The van der Waals surface area contributed by atoms with Gasteiger partial charge in [0.05, 0.1) is 11.0 Å². The number of nitrogens with zero attached hydrogens (tertiary/aromatic N) is 3. The molecule has 1 atom stereocenters. The first-order valence-corrected chi connectivity index (χ1v) is 9.34. The molecule has 1 fully saturated rings. The Morgan fingerprint density at radius 3 is 2.83 bits per heavy atom. The molecule has 0 N–H and O–H groups in total. The highest BCUT2D eigenvalue weighted by atomic mass is 32.2. The van der Waals surface area contributed by atoms with Gasteiger partial charge >= 0.3 is 6.09 Å². The minimum absolute atomic E-state index is 0.197. The largest absolute Gasteiger partial charge is 0.444 e. The Kier molecular flexibility index (Phi) is 4.76. The van der Waals surface area contributed by atoms with Gasteiger partial charge in [-0.3, -0.25) is 0 Å². The molecule has 1 aromatic carbocycles. The SMILES string of the molecule is Cn1c(SCC2CCN(C(=O)OC(C)(C)C)C2)nc2ccccc21. The van der Waals surface area contributed by atoms with Gasteiger partial charge < -0.3 is 14.2 Å². The van der Waals surface area contributed by atoms with E-state index in [0.717, 1.165) is 41.5 Å². The van der Waals surface area contributed by atoms with Gasteiger partial charge in [-0.25, -0.2) is 9.78 Å². The van der Waals surface area contributed by atoms with Crippen LogP contribution in [0, 0.1) is 5.92 Å². The fraction of sp³-hybridized carbons (Fsp3) is 0.556. The number of rotatable bonds is 3. The van der Waals surface area contributed by atoms with E-state index in [0.29, 0.717) is 5.92 Å².